The molecule has 1 rings (SSSR count). The maximum atomic E-state index is 5.26. The number of hydrogen-bond acceptors (Lipinski definition) is 4. The zero-order valence-electron chi connectivity index (χ0n) is 12.6. The Morgan fingerprint density at radius 3 is 2.80 bits per heavy atom. The Morgan fingerprint density at radius 1 is 1.45 bits per heavy atom. The summed E-state index contributed by atoms with van der Waals surface area (Å²) in [7, 11) is 0. The van der Waals surface area contributed by atoms with Gasteiger partial charge in [0.05, 0.1) is 5.71 Å². The van der Waals surface area contributed by atoms with Crippen molar-refractivity contribution >= 4 is 34.4 Å². The van der Waals surface area contributed by atoms with Crippen molar-refractivity contribution in [3.05, 3.63) is 21.4 Å². The number of rotatable bonds is 7. The van der Waals surface area contributed by atoms with Gasteiger partial charge in [-0.15, -0.1) is 11.3 Å². The van der Waals surface area contributed by atoms with E-state index in [9.17, 15) is 0 Å². The Bertz CT molecular complexity index is 469. The summed E-state index contributed by atoms with van der Waals surface area (Å²) in [6.07, 6.45) is 0.932. The van der Waals surface area contributed by atoms with E-state index in [4.69, 9.17) is 17.0 Å². The number of thiocarbonyl (C=S) groups is 1. The first-order valence-corrected chi connectivity index (χ1v) is 8.00. The second-order valence-electron chi connectivity index (χ2n) is 4.44. The smallest absolute Gasteiger partial charge is 0.186 e. The van der Waals surface area contributed by atoms with Crippen LogP contribution in [0.3, 0.4) is 0 Å². The van der Waals surface area contributed by atoms with E-state index in [1.54, 1.807) is 11.3 Å². The number of nitrogens with one attached hydrogen (secondary N) is 2. The van der Waals surface area contributed by atoms with Crippen molar-refractivity contribution in [1.82, 2.24) is 10.7 Å². The van der Waals surface area contributed by atoms with Gasteiger partial charge in [0.25, 0.3) is 0 Å². The highest BCUT2D eigenvalue weighted by molar-refractivity contribution is 7.80. The van der Waals surface area contributed by atoms with E-state index in [-0.39, 0.29) is 0 Å². The van der Waals surface area contributed by atoms with Gasteiger partial charge in [-0.05, 0) is 52.4 Å². The Labute approximate surface area is 130 Å². The van der Waals surface area contributed by atoms with Gasteiger partial charge in [0.2, 0.25) is 0 Å². The topological polar surface area (TPSA) is 45.6 Å². The molecule has 1 heterocycles. The predicted octanol–water partition coefficient (Wildman–Crippen LogP) is 2.98. The molecule has 4 nitrogen and oxygen atoms in total. The van der Waals surface area contributed by atoms with Crippen molar-refractivity contribution in [3.8, 4) is 0 Å². The Morgan fingerprint density at radius 2 is 2.20 bits per heavy atom. The quantitative estimate of drug-likeness (QED) is 0.352. The molecule has 0 atom stereocenters. The van der Waals surface area contributed by atoms with Crippen molar-refractivity contribution in [2.45, 2.75) is 34.1 Å². The summed E-state index contributed by atoms with van der Waals surface area (Å²) in [6, 6.07) is 2.15. The highest BCUT2D eigenvalue weighted by Gasteiger charge is 2.05. The summed E-state index contributed by atoms with van der Waals surface area (Å²) in [5.41, 5.74) is 5.01. The highest BCUT2D eigenvalue weighted by Crippen LogP contribution is 2.20. The van der Waals surface area contributed by atoms with Crippen molar-refractivity contribution in [1.29, 1.82) is 0 Å². The van der Waals surface area contributed by atoms with E-state index >= 15 is 0 Å². The van der Waals surface area contributed by atoms with Crippen LogP contribution in [0, 0.1) is 13.8 Å². The molecule has 0 unspecified atom stereocenters. The van der Waals surface area contributed by atoms with Crippen LogP contribution in [0.5, 0.6) is 0 Å². The van der Waals surface area contributed by atoms with E-state index in [1.807, 2.05) is 13.8 Å². The average Bonchev–Trinajstić information content (AvgIpc) is 2.75. The first-order chi connectivity index (χ1) is 9.54. The molecule has 0 aromatic carbocycles. The molecule has 0 aliphatic rings. The molecule has 2 N–H and O–H groups in total. The molecule has 0 bridgehead atoms. The summed E-state index contributed by atoms with van der Waals surface area (Å²) >= 11 is 6.95. The van der Waals surface area contributed by atoms with Crippen LogP contribution in [0.15, 0.2) is 11.2 Å². The highest BCUT2D eigenvalue weighted by atomic mass is 32.1. The van der Waals surface area contributed by atoms with Gasteiger partial charge in [-0.2, -0.15) is 5.10 Å². The second kappa shape index (κ2) is 9.05. The van der Waals surface area contributed by atoms with E-state index in [0.717, 1.165) is 31.9 Å². The Hall–Kier alpha value is -0.980. The van der Waals surface area contributed by atoms with Crippen molar-refractivity contribution < 1.29 is 4.74 Å². The number of aryl methyl sites for hydroxylation is 2. The van der Waals surface area contributed by atoms with Crippen molar-refractivity contribution in [3.63, 3.8) is 0 Å². The lowest BCUT2D eigenvalue weighted by atomic mass is 10.2. The van der Waals surface area contributed by atoms with Gasteiger partial charge in [0, 0.05) is 35.1 Å². The third-order valence-electron chi connectivity index (χ3n) is 2.71. The third kappa shape index (κ3) is 5.98. The first kappa shape index (κ1) is 17.1. The van der Waals surface area contributed by atoms with Gasteiger partial charge in [-0.1, -0.05) is 0 Å². The predicted molar refractivity (Wildman–Crippen MR) is 90.9 cm³/mol. The summed E-state index contributed by atoms with van der Waals surface area (Å²) in [5.74, 6) is 0. The van der Waals surface area contributed by atoms with Crippen molar-refractivity contribution in [2.75, 3.05) is 19.8 Å². The van der Waals surface area contributed by atoms with E-state index in [0.29, 0.717) is 5.11 Å². The van der Waals surface area contributed by atoms with E-state index in [1.165, 1.54) is 15.3 Å². The fraction of sp³-hybridized carbons (Fsp3) is 0.571. The van der Waals surface area contributed by atoms with E-state index in [2.05, 4.69) is 35.8 Å². The lowest BCUT2D eigenvalue weighted by Crippen LogP contribution is -2.33. The molecule has 0 amide bonds. The van der Waals surface area contributed by atoms with Crippen LogP contribution in [0.4, 0.5) is 0 Å². The largest absolute Gasteiger partial charge is 0.382 e. The minimum absolute atomic E-state index is 0.547. The molecule has 0 radical (unpaired) electrons. The zero-order chi connectivity index (χ0) is 15.0. The Kier molecular flexibility index (Phi) is 7.72. The fourth-order valence-corrected chi connectivity index (χ4v) is 2.87. The van der Waals surface area contributed by atoms with E-state index < -0.39 is 0 Å². The van der Waals surface area contributed by atoms with Gasteiger partial charge >= 0.3 is 0 Å². The molecular weight excluding hydrogens is 290 g/mol. The minimum atomic E-state index is 0.547. The molecule has 0 saturated carbocycles. The van der Waals surface area contributed by atoms with Crippen LogP contribution in [0.1, 0.15) is 35.6 Å². The van der Waals surface area contributed by atoms with Gasteiger partial charge in [-0.25, -0.2) is 0 Å². The summed E-state index contributed by atoms with van der Waals surface area (Å²) in [5, 5.41) is 7.97. The summed E-state index contributed by atoms with van der Waals surface area (Å²) in [6.45, 7) is 10.5. The minimum Gasteiger partial charge on any atom is -0.382 e. The third-order valence-corrected chi connectivity index (χ3v) is 3.91. The summed E-state index contributed by atoms with van der Waals surface area (Å²) < 4.78 is 5.26. The van der Waals surface area contributed by atoms with Gasteiger partial charge < -0.3 is 10.1 Å². The monoisotopic (exact) mass is 313 g/mol. The maximum absolute atomic E-state index is 5.26. The number of hydrogen-bond donors (Lipinski definition) is 2. The van der Waals surface area contributed by atoms with Crippen LogP contribution in [0.25, 0.3) is 0 Å². The summed E-state index contributed by atoms with van der Waals surface area (Å²) in [4.78, 5) is 2.57. The molecular formula is C14H23N3OS2. The zero-order valence-corrected chi connectivity index (χ0v) is 14.2. The number of nitrogens with zero attached hydrogens (tertiary/aromatic N) is 1. The molecule has 112 valence electrons. The van der Waals surface area contributed by atoms with Gasteiger partial charge in [0.1, 0.15) is 0 Å². The normalized spacial score (nSPS) is 11.5. The molecule has 0 saturated heterocycles. The van der Waals surface area contributed by atoms with Crippen molar-refractivity contribution in [2.24, 2.45) is 5.10 Å². The first-order valence-electron chi connectivity index (χ1n) is 6.77. The van der Waals surface area contributed by atoms with Crippen LogP contribution < -0.4 is 10.7 Å². The van der Waals surface area contributed by atoms with Crippen LogP contribution in [-0.2, 0) is 4.74 Å². The molecule has 0 aliphatic carbocycles. The number of thiophene rings is 1. The van der Waals surface area contributed by atoms with Gasteiger partial charge in [-0.3, -0.25) is 5.43 Å². The molecule has 6 heteroatoms. The standard InChI is InChI=1S/C14H23N3OS2/c1-5-18-8-6-7-15-14(19)17-16-11(3)13-9-10(2)20-12(13)4/h9H,5-8H2,1-4H3,(H2,15,17,19)/b16-11-. The van der Waals surface area contributed by atoms with Crippen LogP contribution in [-0.4, -0.2) is 30.6 Å². The molecule has 0 spiro atoms. The van der Waals surface area contributed by atoms with Crippen LogP contribution in [0.2, 0.25) is 0 Å². The second-order valence-corrected chi connectivity index (χ2v) is 6.31. The lowest BCUT2D eigenvalue weighted by molar-refractivity contribution is 0.145. The Balaban J connectivity index is 2.35. The maximum Gasteiger partial charge on any atom is 0.186 e. The molecule has 1 aromatic heterocycles. The molecule has 0 fully saturated rings. The molecule has 0 aliphatic heterocycles. The lowest BCUT2D eigenvalue weighted by Gasteiger charge is -2.08. The SMILES string of the molecule is CCOCCCNC(=S)N/N=C(/C)c1cc(C)sc1C. The average molecular weight is 313 g/mol. The fourth-order valence-electron chi connectivity index (χ4n) is 1.74. The number of ether oxygens (including phenoxy) is 1. The van der Waals surface area contributed by atoms with Gasteiger partial charge in [0.15, 0.2) is 5.11 Å². The number of hydrazone groups is 1. The van der Waals surface area contributed by atoms with Crippen LogP contribution >= 0.6 is 23.6 Å². The molecule has 20 heavy (non-hydrogen) atoms. The molecule has 1 aromatic rings.